The molecule has 7 heteroatoms. The quantitative estimate of drug-likeness (QED) is 0.448. The fourth-order valence-corrected chi connectivity index (χ4v) is 2.22. The monoisotopic (exact) mass is 349 g/mol. The van der Waals surface area contributed by atoms with Crippen molar-refractivity contribution >= 4 is 41.0 Å². The van der Waals surface area contributed by atoms with Gasteiger partial charge in [-0.15, -0.1) is 0 Å². The van der Waals surface area contributed by atoms with Crippen LogP contribution in [0.25, 0.3) is 0 Å². The van der Waals surface area contributed by atoms with Gasteiger partial charge < -0.3 is 15.4 Å². The molecule has 1 aromatic rings. The third-order valence-corrected chi connectivity index (χ3v) is 3.39. The summed E-state index contributed by atoms with van der Waals surface area (Å²) in [5, 5.41) is 5.72. The van der Waals surface area contributed by atoms with Crippen molar-refractivity contribution in [1.29, 1.82) is 0 Å². The molecule has 0 saturated heterocycles. The Labute approximate surface area is 147 Å². The number of carbonyl (C=O) groups is 2. The summed E-state index contributed by atoms with van der Waals surface area (Å²) >= 11 is 4.99. The highest BCUT2D eigenvalue weighted by Crippen LogP contribution is 2.12. The minimum atomic E-state index is -0.535. The summed E-state index contributed by atoms with van der Waals surface area (Å²) in [5.41, 5.74) is 1.60. The highest BCUT2D eigenvalue weighted by molar-refractivity contribution is 7.80. The van der Waals surface area contributed by atoms with Gasteiger partial charge in [-0.1, -0.05) is 24.4 Å². The summed E-state index contributed by atoms with van der Waals surface area (Å²) in [4.78, 5) is 28.2. The molecule has 1 aromatic carbocycles. The van der Waals surface area contributed by atoms with E-state index in [4.69, 9.17) is 17.0 Å². The first-order chi connectivity index (χ1) is 11.4. The summed E-state index contributed by atoms with van der Waals surface area (Å²) in [6.07, 6.45) is 2.04. The van der Waals surface area contributed by atoms with E-state index in [1.165, 1.54) is 7.11 Å². The maximum atomic E-state index is 11.9. The fourth-order valence-electron chi connectivity index (χ4n) is 2.08. The Balaban J connectivity index is 2.73. The number of aliphatic imine (C=N–C) groups is 1. The average molecular weight is 349 g/mol. The third kappa shape index (κ3) is 6.45. The van der Waals surface area contributed by atoms with Crippen LogP contribution in [0.1, 0.15) is 26.3 Å². The summed E-state index contributed by atoms with van der Waals surface area (Å²) in [7, 11) is 1.34. The van der Waals surface area contributed by atoms with Crippen LogP contribution in [0.3, 0.4) is 0 Å². The van der Waals surface area contributed by atoms with Gasteiger partial charge in [0.25, 0.3) is 0 Å². The predicted octanol–water partition coefficient (Wildman–Crippen LogP) is 2.13. The number of ether oxygens (including phenoxy) is 1. The Hall–Kier alpha value is -2.28. The Morgan fingerprint density at radius 1 is 1.33 bits per heavy atom. The van der Waals surface area contributed by atoms with Crippen molar-refractivity contribution in [2.24, 2.45) is 4.99 Å². The molecule has 1 rings (SSSR count). The van der Waals surface area contributed by atoms with Crippen molar-refractivity contribution in [3.63, 3.8) is 0 Å². The van der Waals surface area contributed by atoms with Gasteiger partial charge in [0.2, 0.25) is 5.91 Å². The number of carbonyl (C=O) groups excluding carboxylic acids is 2. The van der Waals surface area contributed by atoms with E-state index in [9.17, 15) is 9.59 Å². The zero-order chi connectivity index (χ0) is 18.1. The van der Waals surface area contributed by atoms with Crippen LogP contribution in [0.5, 0.6) is 0 Å². The van der Waals surface area contributed by atoms with Crippen molar-refractivity contribution < 1.29 is 14.3 Å². The molecule has 0 aliphatic heterocycles. The van der Waals surface area contributed by atoms with Crippen LogP contribution in [0.2, 0.25) is 0 Å². The van der Waals surface area contributed by atoms with Gasteiger partial charge in [-0.25, -0.2) is 4.79 Å². The van der Waals surface area contributed by atoms with E-state index < -0.39 is 12.1 Å². The SMILES string of the molecule is CC=NC(C)C(=O)Nc1ccc(CC(NC(C)=S)C(=O)OC)cc1. The molecule has 0 fully saturated rings. The molecule has 130 valence electrons. The van der Waals surface area contributed by atoms with E-state index in [1.54, 1.807) is 39.1 Å². The molecular formula is C17H23N3O3S. The lowest BCUT2D eigenvalue weighted by Gasteiger charge is -2.17. The molecule has 2 N–H and O–H groups in total. The lowest BCUT2D eigenvalue weighted by molar-refractivity contribution is -0.142. The standard InChI is InChI=1S/C17H23N3O3S/c1-5-18-11(2)16(21)20-14-8-6-13(7-9-14)10-15(17(22)23-4)19-12(3)24/h5-9,11,15H,10H2,1-4H3,(H,19,24)(H,20,21). The highest BCUT2D eigenvalue weighted by Gasteiger charge is 2.19. The normalized spacial score (nSPS) is 13.2. The number of nitrogens with one attached hydrogen (secondary N) is 2. The molecular weight excluding hydrogens is 326 g/mol. The molecule has 0 spiro atoms. The number of hydrogen-bond donors (Lipinski definition) is 2. The van der Waals surface area contributed by atoms with Crippen molar-refractivity contribution in [2.75, 3.05) is 12.4 Å². The van der Waals surface area contributed by atoms with Crippen molar-refractivity contribution in [3.05, 3.63) is 29.8 Å². The highest BCUT2D eigenvalue weighted by atomic mass is 32.1. The minimum Gasteiger partial charge on any atom is -0.467 e. The molecule has 0 aliphatic rings. The lowest BCUT2D eigenvalue weighted by atomic mass is 10.1. The molecule has 2 unspecified atom stereocenters. The number of amides is 1. The van der Waals surface area contributed by atoms with Crippen molar-refractivity contribution in [2.45, 2.75) is 39.3 Å². The summed E-state index contributed by atoms with van der Waals surface area (Å²) < 4.78 is 4.78. The maximum Gasteiger partial charge on any atom is 0.328 e. The second kappa shape index (κ2) is 9.77. The summed E-state index contributed by atoms with van der Waals surface area (Å²) in [6, 6.07) is 6.29. The predicted molar refractivity (Wildman–Crippen MR) is 99.6 cm³/mol. The van der Waals surface area contributed by atoms with E-state index in [-0.39, 0.29) is 11.9 Å². The van der Waals surface area contributed by atoms with E-state index >= 15 is 0 Å². The number of methoxy groups -OCH3 is 1. The van der Waals surface area contributed by atoms with E-state index in [0.29, 0.717) is 17.1 Å². The van der Waals surface area contributed by atoms with Gasteiger partial charge >= 0.3 is 5.97 Å². The van der Waals surface area contributed by atoms with Gasteiger partial charge in [-0.05, 0) is 44.7 Å². The first kappa shape index (κ1) is 19.8. The van der Waals surface area contributed by atoms with E-state index in [1.807, 2.05) is 12.1 Å². The number of nitrogens with zero attached hydrogens (tertiary/aromatic N) is 1. The van der Waals surface area contributed by atoms with E-state index in [2.05, 4.69) is 15.6 Å². The molecule has 6 nitrogen and oxygen atoms in total. The van der Waals surface area contributed by atoms with Crippen LogP contribution in [0, 0.1) is 0 Å². The molecule has 0 heterocycles. The summed E-state index contributed by atoms with van der Waals surface area (Å²) in [5.74, 6) is -0.547. The molecule has 2 atom stereocenters. The second-order valence-corrected chi connectivity index (χ2v) is 5.86. The Kier molecular flexibility index (Phi) is 8.05. The number of rotatable bonds is 7. The molecule has 0 radical (unpaired) electrons. The number of esters is 1. The molecule has 1 amide bonds. The van der Waals surface area contributed by atoms with Gasteiger partial charge in [0.05, 0.1) is 12.1 Å². The largest absolute Gasteiger partial charge is 0.467 e. The van der Waals surface area contributed by atoms with Crippen LogP contribution < -0.4 is 10.6 Å². The molecule has 0 saturated carbocycles. The van der Waals surface area contributed by atoms with Crippen molar-refractivity contribution in [3.8, 4) is 0 Å². The van der Waals surface area contributed by atoms with Crippen LogP contribution in [0.15, 0.2) is 29.3 Å². The van der Waals surface area contributed by atoms with Gasteiger partial charge in [-0.3, -0.25) is 9.79 Å². The van der Waals surface area contributed by atoms with Gasteiger partial charge in [0.15, 0.2) is 0 Å². The number of benzene rings is 1. The molecule has 0 bridgehead atoms. The third-order valence-electron chi connectivity index (χ3n) is 3.28. The first-order valence-electron chi connectivity index (χ1n) is 7.60. The smallest absolute Gasteiger partial charge is 0.328 e. The van der Waals surface area contributed by atoms with Crippen LogP contribution in [-0.2, 0) is 20.7 Å². The maximum absolute atomic E-state index is 11.9. The van der Waals surface area contributed by atoms with Gasteiger partial charge in [0, 0.05) is 12.1 Å². The number of hydrogen-bond acceptors (Lipinski definition) is 5. The Morgan fingerprint density at radius 3 is 2.46 bits per heavy atom. The van der Waals surface area contributed by atoms with Gasteiger partial charge in [0.1, 0.15) is 12.1 Å². The zero-order valence-corrected chi connectivity index (χ0v) is 15.1. The Morgan fingerprint density at radius 2 is 1.96 bits per heavy atom. The lowest BCUT2D eigenvalue weighted by Crippen LogP contribution is -2.41. The van der Waals surface area contributed by atoms with Crippen LogP contribution in [-0.4, -0.2) is 42.3 Å². The molecule has 24 heavy (non-hydrogen) atoms. The average Bonchev–Trinajstić information content (AvgIpc) is 2.55. The minimum absolute atomic E-state index is 0.175. The number of anilines is 1. The molecule has 0 aromatic heterocycles. The van der Waals surface area contributed by atoms with Crippen LogP contribution >= 0.6 is 12.2 Å². The number of thiocarbonyl (C=S) groups is 1. The Bertz CT molecular complexity index is 614. The summed E-state index contributed by atoms with van der Waals surface area (Å²) in [6.45, 7) is 5.21. The van der Waals surface area contributed by atoms with Gasteiger partial charge in [-0.2, -0.15) is 0 Å². The second-order valence-electron chi connectivity index (χ2n) is 5.25. The zero-order valence-electron chi connectivity index (χ0n) is 14.3. The molecule has 0 aliphatic carbocycles. The fraction of sp³-hybridized carbons (Fsp3) is 0.412. The van der Waals surface area contributed by atoms with Crippen molar-refractivity contribution in [1.82, 2.24) is 5.32 Å². The van der Waals surface area contributed by atoms with Crippen LogP contribution in [0.4, 0.5) is 5.69 Å². The van der Waals surface area contributed by atoms with E-state index in [0.717, 1.165) is 5.56 Å². The topological polar surface area (TPSA) is 79.8 Å². The first-order valence-corrected chi connectivity index (χ1v) is 8.00.